The first-order valence-electron chi connectivity index (χ1n) is 7.24. The number of pyridine rings is 1. The predicted octanol–water partition coefficient (Wildman–Crippen LogP) is 1.62. The Balaban J connectivity index is 1.93. The van der Waals surface area contributed by atoms with E-state index in [0.29, 0.717) is 25.9 Å². The van der Waals surface area contributed by atoms with Crippen molar-refractivity contribution in [2.45, 2.75) is 31.7 Å². The van der Waals surface area contributed by atoms with E-state index in [-0.39, 0.29) is 6.03 Å². The zero-order chi connectivity index (χ0) is 15.2. The van der Waals surface area contributed by atoms with Gasteiger partial charge < -0.3 is 14.9 Å². The summed E-state index contributed by atoms with van der Waals surface area (Å²) in [5, 5.41) is 9.22. The normalized spacial score (nSPS) is 18.3. The number of hydrogen-bond acceptors (Lipinski definition) is 3. The van der Waals surface area contributed by atoms with Crippen LogP contribution in [-0.2, 0) is 11.2 Å². The fraction of sp³-hybridized carbons (Fsp3) is 0.533. The zero-order valence-electron chi connectivity index (χ0n) is 12.2. The Labute approximate surface area is 124 Å². The molecule has 0 aliphatic carbocycles. The number of likely N-dealkylation sites (N-methyl/N-ethyl adjacent to an activating group) is 1. The number of aliphatic carboxylic acids is 1. The lowest BCUT2D eigenvalue weighted by Crippen LogP contribution is -2.52. The van der Waals surface area contributed by atoms with Crippen LogP contribution in [0, 0.1) is 0 Å². The van der Waals surface area contributed by atoms with Crippen LogP contribution in [0.2, 0.25) is 0 Å². The number of likely N-dealkylation sites (tertiary alicyclic amines) is 1. The monoisotopic (exact) mass is 291 g/mol. The van der Waals surface area contributed by atoms with Crippen LogP contribution in [0.5, 0.6) is 0 Å². The molecule has 0 bridgehead atoms. The number of amides is 2. The van der Waals surface area contributed by atoms with Gasteiger partial charge in [0.25, 0.3) is 0 Å². The smallest absolute Gasteiger partial charge is 0.326 e. The molecule has 6 heteroatoms. The molecule has 1 saturated heterocycles. The summed E-state index contributed by atoms with van der Waals surface area (Å²) in [6.45, 7) is 1.04. The fourth-order valence-electron chi connectivity index (χ4n) is 2.56. The number of carbonyl (C=O) groups excluding carboxylic acids is 1. The van der Waals surface area contributed by atoms with E-state index in [0.717, 1.165) is 18.5 Å². The molecule has 6 nitrogen and oxygen atoms in total. The minimum atomic E-state index is -0.916. The van der Waals surface area contributed by atoms with E-state index in [2.05, 4.69) is 4.98 Å². The molecule has 2 rings (SSSR count). The Morgan fingerprint density at radius 1 is 1.43 bits per heavy atom. The molecular weight excluding hydrogens is 270 g/mol. The van der Waals surface area contributed by atoms with Gasteiger partial charge in [0.15, 0.2) is 0 Å². The average molecular weight is 291 g/mol. The molecule has 2 amide bonds. The minimum absolute atomic E-state index is 0.210. The van der Waals surface area contributed by atoms with Crippen molar-refractivity contribution in [1.29, 1.82) is 0 Å². The van der Waals surface area contributed by atoms with E-state index in [1.165, 1.54) is 4.90 Å². The molecule has 1 aliphatic heterocycles. The third-order valence-corrected chi connectivity index (χ3v) is 3.79. The molecule has 0 saturated carbocycles. The summed E-state index contributed by atoms with van der Waals surface area (Å²) in [5.41, 5.74) is 0.922. The van der Waals surface area contributed by atoms with Gasteiger partial charge in [0, 0.05) is 38.4 Å². The highest BCUT2D eigenvalue weighted by atomic mass is 16.4. The maximum Gasteiger partial charge on any atom is 0.326 e. The van der Waals surface area contributed by atoms with Crippen LogP contribution < -0.4 is 0 Å². The summed E-state index contributed by atoms with van der Waals surface area (Å²) in [7, 11) is 1.71. The van der Waals surface area contributed by atoms with E-state index in [1.807, 2.05) is 18.2 Å². The van der Waals surface area contributed by atoms with Crippen molar-refractivity contribution < 1.29 is 14.7 Å². The summed E-state index contributed by atoms with van der Waals surface area (Å²) < 4.78 is 0. The summed E-state index contributed by atoms with van der Waals surface area (Å²) >= 11 is 0. The maximum atomic E-state index is 12.4. The number of piperidine rings is 1. The molecule has 1 atom stereocenters. The molecule has 1 N–H and O–H groups in total. The number of carboxylic acid groups (broad SMARTS) is 1. The highest BCUT2D eigenvalue weighted by molar-refractivity contribution is 5.82. The van der Waals surface area contributed by atoms with Crippen LogP contribution >= 0.6 is 0 Å². The van der Waals surface area contributed by atoms with Crippen LogP contribution in [0.25, 0.3) is 0 Å². The van der Waals surface area contributed by atoms with Gasteiger partial charge in [-0.25, -0.2) is 9.59 Å². The maximum absolute atomic E-state index is 12.4. The van der Waals surface area contributed by atoms with E-state index < -0.39 is 12.0 Å². The second-order valence-corrected chi connectivity index (χ2v) is 5.32. The van der Waals surface area contributed by atoms with Crippen LogP contribution in [0.4, 0.5) is 4.79 Å². The number of nitrogens with zero attached hydrogens (tertiary/aromatic N) is 3. The molecule has 2 heterocycles. The molecule has 0 spiro atoms. The Bertz CT molecular complexity index is 492. The second kappa shape index (κ2) is 7.06. The van der Waals surface area contributed by atoms with E-state index >= 15 is 0 Å². The largest absolute Gasteiger partial charge is 0.480 e. The van der Waals surface area contributed by atoms with Crippen LogP contribution in [0.3, 0.4) is 0 Å². The lowest BCUT2D eigenvalue weighted by atomic mass is 10.0. The SMILES string of the molecule is CN(CCc1ccccn1)C(=O)N1CCCCC1C(=O)O. The lowest BCUT2D eigenvalue weighted by molar-refractivity contribution is -0.143. The highest BCUT2D eigenvalue weighted by Crippen LogP contribution is 2.18. The van der Waals surface area contributed by atoms with E-state index in [4.69, 9.17) is 0 Å². The van der Waals surface area contributed by atoms with Gasteiger partial charge >= 0.3 is 12.0 Å². The van der Waals surface area contributed by atoms with Gasteiger partial charge in [-0.05, 0) is 31.4 Å². The summed E-state index contributed by atoms with van der Waals surface area (Å²) in [5.74, 6) is -0.916. The van der Waals surface area contributed by atoms with Crippen molar-refractivity contribution >= 4 is 12.0 Å². The molecule has 114 valence electrons. The van der Waals surface area contributed by atoms with E-state index in [1.54, 1.807) is 18.1 Å². The molecule has 0 radical (unpaired) electrons. The van der Waals surface area contributed by atoms with Crippen LogP contribution in [-0.4, -0.2) is 58.1 Å². The van der Waals surface area contributed by atoms with Gasteiger partial charge in [0.2, 0.25) is 0 Å². The molecule has 21 heavy (non-hydrogen) atoms. The summed E-state index contributed by atoms with van der Waals surface area (Å²) in [6.07, 6.45) is 4.65. The van der Waals surface area contributed by atoms with E-state index in [9.17, 15) is 14.7 Å². The van der Waals surface area contributed by atoms with Crippen molar-refractivity contribution in [2.24, 2.45) is 0 Å². The van der Waals surface area contributed by atoms with Gasteiger partial charge in [0.1, 0.15) is 6.04 Å². The fourth-order valence-corrected chi connectivity index (χ4v) is 2.56. The van der Waals surface area contributed by atoms with Gasteiger partial charge in [-0.2, -0.15) is 0 Å². The van der Waals surface area contributed by atoms with Crippen molar-refractivity contribution in [3.8, 4) is 0 Å². The van der Waals surface area contributed by atoms with Crippen molar-refractivity contribution in [3.63, 3.8) is 0 Å². The van der Waals surface area contributed by atoms with Gasteiger partial charge in [-0.3, -0.25) is 4.98 Å². The highest BCUT2D eigenvalue weighted by Gasteiger charge is 2.33. The molecule has 1 aromatic rings. The van der Waals surface area contributed by atoms with Crippen molar-refractivity contribution in [3.05, 3.63) is 30.1 Å². The number of hydrogen-bond donors (Lipinski definition) is 1. The first-order chi connectivity index (χ1) is 10.1. The van der Waals surface area contributed by atoms with Gasteiger partial charge in [-0.15, -0.1) is 0 Å². The molecule has 1 unspecified atom stereocenters. The molecule has 1 aromatic heterocycles. The molecular formula is C15H21N3O3. The number of carbonyl (C=O) groups is 2. The Kier molecular flexibility index (Phi) is 5.14. The van der Waals surface area contributed by atoms with Crippen LogP contribution in [0.1, 0.15) is 25.0 Å². The molecule has 1 fully saturated rings. The quantitative estimate of drug-likeness (QED) is 0.914. The molecule has 1 aliphatic rings. The van der Waals surface area contributed by atoms with Crippen molar-refractivity contribution in [2.75, 3.05) is 20.1 Å². The Hall–Kier alpha value is -2.11. The van der Waals surface area contributed by atoms with Gasteiger partial charge in [-0.1, -0.05) is 6.07 Å². The third kappa shape index (κ3) is 3.93. The zero-order valence-corrected chi connectivity index (χ0v) is 12.2. The number of aromatic nitrogens is 1. The third-order valence-electron chi connectivity index (χ3n) is 3.79. The number of carboxylic acids is 1. The standard InChI is InChI=1S/C15H21N3O3/c1-17(11-8-12-6-2-4-9-16-12)15(21)18-10-5-3-7-13(18)14(19)20/h2,4,6,9,13H,3,5,7-8,10-11H2,1H3,(H,19,20). The van der Waals surface area contributed by atoms with Crippen LogP contribution in [0.15, 0.2) is 24.4 Å². The topological polar surface area (TPSA) is 73.7 Å². The number of rotatable bonds is 4. The predicted molar refractivity (Wildman–Crippen MR) is 77.9 cm³/mol. The number of urea groups is 1. The second-order valence-electron chi connectivity index (χ2n) is 5.32. The first kappa shape index (κ1) is 15.3. The Morgan fingerprint density at radius 2 is 2.24 bits per heavy atom. The average Bonchev–Trinajstić information content (AvgIpc) is 2.52. The molecule has 0 aromatic carbocycles. The van der Waals surface area contributed by atoms with Gasteiger partial charge in [0.05, 0.1) is 0 Å². The summed E-state index contributed by atoms with van der Waals surface area (Å²) in [6, 6.07) is 4.78. The minimum Gasteiger partial charge on any atom is -0.480 e. The van der Waals surface area contributed by atoms with Crippen molar-refractivity contribution in [1.82, 2.24) is 14.8 Å². The lowest BCUT2D eigenvalue weighted by Gasteiger charge is -2.35. The first-order valence-corrected chi connectivity index (χ1v) is 7.24. The Morgan fingerprint density at radius 3 is 2.90 bits per heavy atom. The summed E-state index contributed by atoms with van der Waals surface area (Å²) in [4.78, 5) is 30.9.